The zero-order valence-corrected chi connectivity index (χ0v) is 11.8. The van der Waals surface area contributed by atoms with Gasteiger partial charge in [-0.25, -0.2) is 0 Å². The lowest BCUT2D eigenvalue weighted by molar-refractivity contribution is 0.103. The molecule has 0 aliphatic heterocycles. The Morgan fingerprint density at radius 1 is 1.14 bits per heavy atom. The van der Waals surface area contributed by atoms with E-state index in [0.29, 0.717) is 22.2 Å². The average molecular weight is 295 g/mol. The van der Waals surface area contributed by atoms with Gasteiger partial charge in [0.25, 0.3) is 5.56 Å². The third-order valence-corrected chi connectivity index (χ3v) is 3.46. The first-order valence-electron chi connectivity index (χ1n) is 6.64. The molecule has 1 aromatic heterocycles. The number of carbonyl (C=O) groups is 1. The molecule has 0 spiro atoms. The van der Waals surface area contributed by atoms with Gasteiger partial charge in [0.2, 0.25) is 5.78 Å². The van der Waals surface area contributed by atoms with Crippen molar-refractivity contribution in [3.05, 3.63) is 70.0 Å². The van der Waals surface area contributed by atoms with Gasteiger partial charge >= 0.3 is 0 Å². The molecule has 0 fully saturated rings. The topological polar surface area (TPSA) is 79.4 Å². The van der Waals surface area contributed by atoms with Crippen LogP contribution in [0.5, 0.6) is 11.5 Å². The maximum absolute atomic E-state index is 12.5. The number of fused-ring (bicyclic) bond motifs is 1. The normalized spacial score (nSPS) is 10.6. The minimum absolute atomic E-state index is 0.260. The van der Waals surface area contributed by atoms with Crippen molar-refractivity contribution < 1.29 is 14.6 Å². The van der Waals surface area contributed by atoms with E-state index in [1.165, 1.54) is 7.11 Å². The molecule has 2 aromatic carbocycles. The fourth-order valence-corrected chi connectivity index (χ4v) is 2.33. The number of hydrogen-bond acceptors (Lipinski definition) is 4. The lowest BCUT2D eigenvalue weighted by atomic mass is 10.0. The summed E-state index contributed by atoms with van der Waals surface area (Å²) in [6, 6.07) is 13.2. The van der Waals surface area contributed by atoms with Crippen molar-refractivity contribution in [2.45, 2.75) is 0 Å². The molecule has 3 aromatic rings. The van der Waals surface area contributed by atoms with Crippen molar-refractivity contribution in [3.63, 3.8) is 0 Å². The van der Waals surface area contributed by atoms with E-state index in [9.17, 15) is 14.7 Å². The fourth-order valence-electron chi connectivity index (χ4n) is 2.33. The van der Waals surface area contributed by atoms with Crippen molar-refractivity contribution in [1.82, 2.24) is 4.98 Å². The average Bonchev–Trinajstić information content (AvgIpc) is 2.55. The van der Waals surface area contributed by atoms with Crippen molar-refractivity contribution in [2.75, 3.05) is 7.11 Å². The van der Waals surface area contributed by atoms with Crippen LogP contribution in [-0.4, -0.2) is 23.0 Å². The number of ketones is 1. The Labute approximate surface area is 125 Å². The molecule has 0 saturated heterocycles. The van der Waals surface area contributed by atoms with Crippen LogP contribution in [-0.2, 0) is 0 Å². The summed E-state index contributed by atoms with van der Waals surface area (Å²) in [6.07, 6.45) is 0. The summed E-state index contributed by atoms with van der Waals surface area (Å²) in [4.78, 5) is 27.2. The highest BCUT2D eigenvalue weighted by Gasteiger charge is 2.20. The largest absolute Gasteiger partial charge is 0.506 e. The first kappa shape index (κ1) is 13.9. The molecule has 5 heteroatoms. The summed E-state index contributed by atoms with van der Waals surface area (Å²) in [5, 5.41) is 10.7. The highest BCUT2D eigenvalue weighted by Crippen LogP contribution is 2.28. The highest BCUT2D eigenvalue weighted by atomic mass is 16.5. The molecule has 110 valence electrons. The van der Waals surface area contributed by atoms with E-state index in [0.717, 1.165) is 0 Å². The van der Waals surface area contributed by atoms with Crippen LogP contribution in [0.3, 0.4) is 0 Å². The number of H-pyrrole nitrogens is 1. The van der Waals surface area contributed by atoms with Crippen LogP contribution in [0, 0.1) is 0 Å². The fraction of sp³-hybridized carbons (Fsp3) is 0.0588. The van der Waals surface area contributed by atoms with Crippen LogP contribution in [0.15, 0.2) is 53.3 Å². The monoisotopic (exact) mass is 295 g/mol. The maximum Gasteiger partial charge on any atom is 0.263 e. The number of hydrogen-bond donors (Lipinski definition) is 2. The molecule has 3 rings (SSSR count). The van der Waals surface area contributed by atoms with Crippen LogP contribution in [0.25, 0.3) is 10.9 Å². The summed E-state index contributed by atoms with van der Waals surface area (Å²) in [5.41, 5.74) is -0.140. The van der Waals surface area contributed by atoms with Gasteiger partial charge in [-0.15, -0.1) is 0 Å². The molecule has 5 nitrogen and oxygen atoms in total. The molecule has 22 heavy (non-hydrogen) atoms. The molecule has 1 heterocycles. The standard InChI is InChI=1S/C17H13NO4/c1-22-11-7-8-12-13(9-11)18-17(21)14(16(12)20)15(19)10-5-3-2-4-6-10/h2-9H,1H3,(H2,18,20,21). The molecule has 0 atom stereocenters. The molecular weight excluding hydrogens is 282 g/mol. The molecular formula is C17H13NO4. The Bertz CT molecular complexity index is 913. The van der Waals surface area contributed by atoms with E-state index in [1.54, 1.807) is 48.5 Å². The third kappa shape index (κ3) is 2.22. The van der Waals surface area contributed by atoms with E-state index in [4.69, 9.17) is 4.74 Å². The zero-order valence-electron chi connectivity index (χ0n) is 11.8. The SMILES string of the molecule is COc1ccc2c(O)c(C(=O)c3ccccc3)c(=O)[nH]c2c1. The second-order valence-electron chi connectivity index (χ2n) is 4.78. The first-order chi connectivity index (χ1) is 10.6. The predicted octanol–water partition coefficient (Wildman–Crippen LogP) is 2.47. The van der Waals surface area contributed by atoms with Crippen LogP contribution < -0.4 is 10.3 Å². The van der Waals surface area contributed by atoms with Crippen molar-refractivity contribution in [2.24, 2.45) is 0 Å². The van der Waals surface area contributed by atoms with Crippen molar-refractivity contribution >= 4 is 16.7 Å². The van der Waals surface area contributed by atoms with Gasteiger partial charge in [0.05, 0.1) is 12.6 Å². The second-order valence-corrected chi connectivity index (χ2v) is 4.78. The molecule has 2 N–H and O–H groups in total. The summed E-state index contributed by atoms with van der Waals surface area (Å²) in [7, 11) is 1.51. The van der Waals surface area contributed by atoms with Crippen LogP contribution in [0.1, 0.15) is 15.9 Å². The molecule has 0 saturated carbocycles. The summed E-state index contributed by atoms with van der Waals surface area (Å²) < 4.78 is 5.08. The number of aromatic hydroxyl groups is 1. The predicted molar refractivity (Wildman–Crippen MR) is 82.7 cm³/mol. The van der Waals surface area contributed by atoms with Gasteiger partial charge in [0.1, 0.15) is 17.1 Å². The molecule has 0 bridgehead atoms. The van der Waals surface area contributed by atoms with E-state index in [-0.39, 0.29) is 11.3 Å². The minimum Gasteiger partial charge on any atom is -0.506 e. The highest BCUT2D eigenvalue weighted by molar-refractivity contribution is 6.12. The number of rotatable bonds is 3. The van der Waals surface area contributed by atoms with Gasteiger partial charge < -0.3 is 14.8 Å². The number of aromatic amines is 1. The number of nitrogens with one attached hydrogen (secondary N) is 1. The number of pyridine rings is 1. The van der Waals surface area contributed by atoms with Gasteiger partial charge in [-0.2, -0.15) is 0 Å². The second kappa shape index (κ2) is 5.37. The Hall–Kier alpha value is -3.08. The lowest BCUT2D eigenvalue weighted by Gasteiger charge is -2.08. The number of aromatic nitrogens is 1. The quantitative estimate of drug-likeness (QED) is 0.727. The number of ether oxygens (including phenoxy) is 1. The van der Waals surface area contributed by atoms with Crippen molar-refractivity contribution in [3.8, 4) is 11.5 Å². The summed E-state index contributed by atoms with van der Waals surface area (Å²) in [5.74, 6) is -0.294. The first-order valence-corrected chi connectivity index (χ1v) is 6.64. The Kier molecular flexibility index (Phi) is 3.39. The van der Waals surface area contributed by atoms with Gasteiger partial charge in [0, 0.05) is 17.0 Å². The van der Waals surface area contributed by atoms with Crippen LogP contribution in [0.4, 0.5) is 0 Å². The van der Waals surface area contributed by atoms with Crippen LogP contribution >= 0.6 is 0 Å². The van der Waals surface area contributed by atoms with E-state index in [1.807, 2.05) is 0 Å². The van der Waals surface area contributed by atoms with E-state index in [2.05, 4.69) is 4.98 Å². The molecule has 0 radical (unpaired) electrons. The smallest absolute Gasteiger partial charge is 0.263 e. The molecule has 0 aliphatic carbocycles. The van der Waals surface area contributed by atoms with Gasteiger partial charge in [-0.1, -0.05) is 30.3 Å². The van der Waals surface area contributed by atoms with Crippen LogP contribution in [0.2, 0.25) is 0 Å². The molecule has 0 amide bonds. The lowest BCUT2D eigenvalue weighted by Crippen LogP contribution is -2.18. The van der Waals surface area contributed by atoms with E-state index < -0.39 is 11.3 Å². The van der Waals surface area contributed by atoms with Gasteiger partial charge in [-0.05, 0) is 12.1 Å². The van der Waals surface area contributed by atoms with Crippen molar-refractivity contribution in [1.29, 1.82) is 0 Å². The molecule has 0 aliphatic rings. The number of carbonyl (C=O) groups excluding carboxylic acids is 1. The van der Waals surface area contributed by atoms with Gasteiger partial charge in [0.15, 0.2) is 0 Å². The van der Waals surface area contributed by atoms with Gasteiger partial charge in [-0.3, -0.25) is 9.59 Å². The Balaban J connectivity index is 2.23. The zero-order chi connectivity index (χ0) is 15.7. The number of methoxy groups -OCH3 is 1. The minimum atomic E-state index is -0.632. The summed E-state index contributed by atoms with van der Waals surface area (Å²) in [6.45, 7) is 0. The number of benzene rings is 2. The summed E-state index contributed by atoms with van der Waals surface area (Å²) >= 11 is 0. The molecule has 0 unspecified atom stereocenters. The third-order valence-electron chi connectivity index (χ3n) is 3.46. The Morgan fingerprint density at radius 3 is 2.55 bits per heavy atom. The maximum atomic E-state index is 12.5. The van der Waals surface area contributed by atoms with E-state index >= 15 is 0 Å². The Morgan fingerprint density at radius 2 is 1.86 bits per heavy atom.